The van der Waals surface area contributed by atoms with Crippen LogP contribution in [-0.4, -0.2) is 0 Å². The van der Waals surface area contributed by atoms with E-state index in [0.29, 0.717) is 0 Å². The fourth-order valence-corrected chi connectivity index (χ4v) is 1.70. The predicted octanol–water partition coefficient (Wildman–Crippen LogP) is 3.48. The lowest BCUT2D eigenvalue weighted by atomic mass is 10.3. The van der Waals surface area contributed by atoms with Crippen molar-refractivity contribution >= 4 is 44.8 Å². The molecule has 0 aliphatic rings. The topological polar surface area (TPSA) is 26.0 Å². The van der Waals surface area contributed by atoms with E-state index in [1.165, 1.54) is 6.07 Å². The molecule has 0 bridgehead atoms. The van der Waals surface area contributed by atoms with E-state index in [9.17, 15) is 4.39 Å². The number of hydrogen-bond donors (Lipinski definition) is 1. The lowest BCUT2D eigenvalue weighted by molar-refractivity contribution is 0.622. The van der Waals surface area contributed by atoms with Crippen molar-refractivity contribution in [3.05, 3.63) is 26.4 Å². The van der Waals surface area contributed by atoms with Gasteiger partial charge >= 0.3 is 0 Å². The van der Waals surface area contributed by atoms with Crippen LogP contribution in [0.5, 0.6) is 0 Å². The second-order valence-electron chi connectivity index (χ2n) is 1.88. The zero-order valence-electron chi connectivity index (χ0n) is 5.17. The summed E-state index contributed by atoms with van der Waals surface area (Å²) >= 11 is 13.9. The lowest BCUT2D eigenvalue weighted by Crippen LogP contribution is -1.91. The normalized spacial score (nSPS) is 10.2. The number of anilines is 1. The van der Waals surface area contributed by atoms with Crippen molar-refractivity contribution in [3.8, 4) is 0 Å². The van der Waals surface area contributed by atoms with Crippen molar-refractivity contribution in [2.45, 2.75) is 0 Å². The average molecular weight is 259 g/mol. The highest BCUT2D eigenvalue weighted by atomic mass is 79.9. The Hall–Kier alpha value is 0.01000. The molecular weight excluding hydrogens is 256 g/mol. The molecule has 0 aliphatic heterocycles. The Kier molecular flexibility index (Phi) is 2.62. The van der Waals surface area contributed by atoms with Crippen LogP contribution < -0.4 is 5.73 Å². The highest BCUT2D eigenvalue weighted by molar-refractivity contribution is 9.10. The van der Waals surface area contributed by atoms with Gasteiger partial charge in [0.1, 0.15) is 0 Å². The molecule has 0 radical (unpaired) electrons. The van der Waals surface area contributed by atoms with Crippen molar-refractivity contribution in [3.63, 3.8) is 0 Å². The van der Waals surface area contributed by atoms with E-state index >= 15 is 0 Å². The number of halogens is 4. The van der Waals surface area contributed by atoms with Crippen LogP contribution in [0, 0.1) is 5.82 Å². The third kappa shape index (κ3) is 1.60. The molecule has 0 atom stereocenters. The summed E-state index contributed by atoms with van der Waals surface area (Å²) in [6.45, 7) is 0. The quantitative estimate of drug-likeness (QED) is 0.430. The van der Waals surface area contributed by atoms with Gasteiger partial charge in [-0.2, -0.15) is 0 Å². The predicted molar refractivity (Wildman–Crippen MR) is 48.5 cm³/mol. The van der Waals surface area contributed by atoms with E-state index in [0.717, 1.165) is 0 Å². The number of nitrogens with two attached hydrogens (primary N) is 1. The first-order chi connectivity index (χ1) is 5.04. The summed E-state index contributed by atoms with van der Waals surface area (Å²) < 4.78 is 13.0. The summed E-state index contributed by atoms with van der Waals surface area (Å²) in [5.74, 6) is -0.589. The molecule has 1 aromatic carbocycles. The molecule has 0 saturated heterocycles. The van der Waals surface area contributed by atoms with Gasteiger partial charge in [-0.15, -0.1) is 0 Å². The summed E-state index contributed by atoms with van der Waals surface area (Å²) in [5, 5.41) is 0.194. The smallest absolute Gasteiger partial charge is 0.158 e. The molecule has 2 N–H and O–H groups in total. The second-order valence-corrected chi connectivity index (χ2v) is 3.49. The largest absolute Gasteiger partial charge is 0.397 e. The van der Waals surface area contributed by atoms with Gasteiger partial charge in [-0.1, -0.05) is 23.2 Å². The molecule has 1 aromatic rings. The first-order valence-corrected chi connectivity index (χ1v) is 4.17. The van der Waals surface area contributed by atoms with Crippen molar-refractivity contribution < 1.29 is 4.39 Å². The van der Waals surface area contributed by atoms with Gasteiger partial charge in [0, 0.05) is 0 Å². The van der Waals surface area contributed by atoms with Gasteiger partial charge in [0.2, 0.25) is 0 Å². The van der Waals surface area contributed by atoms with Crippen LogP contribution in [0.15, 0.2) is 10.5 Å². The van der Waals surface area contributed by atoms with Gasteiger partial charge in [0.05, 0.1) is 20.2 Å². The Morgan fingerprint density at radius 1 is 1.36 bits per heavy atom. The molecule has 0 amide bonds. The molecule has 0 aromatic heterocycles. The van der Waals surface area contributed by atoms with Crippen molar-refractivity contribution in [1.29, 1.82) is 0 Å². The minimum Gasteiger partial charge on any atom is -0.397 e. The van der Waals surface area contributed by atoms with E-state index in [-0.39, 0.29) is 20.2 Å². The first-order valence-electron chi connectivity index (χ1n) is 2.62. The molecule has 0 unspecified atom stereocenters. The monoisotopic (exact) mass is 257 g/mol. The van der Waals surface area contributed by atoms with Gasteiger partial charge in [-0.25, -0.2) is 4.39 Å². The Labute approximate surface area is 81.4 Å². The summed E-state index contributed by atoms with van der Waals surface area (Å²) in [4.78, 5) is 0. The molecule has 5 heteroatoms. The fourth-order valence-electron chi connectivity index (χ4n) is 0.580. The van der Waals surface area contributed by atoms with Gasteiger partial charge in [0.15, 0.2) is 5.82 Å². The number of rotatable bonds is 0. The van der Waals surface area contributed by atoms with Crippen molar-refractivity contribution in [1.82, 2.24) is 0 Å². The fraction of sp³-hybridized carbons (Fsp3) is 0. The maximum absolute atomic E-state index is 12.9. The third-order valence-electron chi connectivity index (χ3n) is 1.15. The molecule has 0 spiro atoms. The van der Waals surface area contributed by atoms with Crippen molar-refractivity contribution in [2.24, 2.45) is 0 Å². The molecule has 11 heavy (non-hydrogen) atoms. The molecule has 0 fully saturated rings. The van der Waals surface area contributed by atoms with E-state index in [4.69, 9.17) is 28.9 Å². The Balaban J connectivity index is 3.46. The van der Waals surface area contributed by atoms with E-state index in [1.54, 1.807) is 0 Å². The van der Waals surface area contributed by atoms with Crippen LogP contribution in [0.3, 0.4) is 0 Å². The first kappa shape index (κ1) is 9.10. The van der Waals surface area contributed by atoms with Crippen LogP contribution in [0.1, 0.15) is 0 Å². The van der Waals surface area contributed by atoms with E-state index in [2.05, 4.69) is 15.9 Å². The minimum absolute atomic E-state index is 0.0453. The van der Waals surface area contributed by atoms with Gasteiger partial charge in [-0.05, 0) is 22.0 Å². The highest BCUT2D eigenvalue weighted by Crippen LogP contribution is 2.34. The van der Waals surface area contributed by atoms with Crippen LogP contribution in [-0.2, 0) is 0 Å². The van der Waals surface area contributed by atoms with Gasteiger partial charge in [-0.3, -0.25) is 0 Å². The van der Waals surface area contributed by atoms with Crippen LogP contribution in [0.4, 0.5) is 10.1 Å². The molecule has 1 nitrogen and oxygen atoms in total. The molecule has 1 rings (SSSR count). The maximum atomic E-state index is 12.9. The Bertz CT molecular complexity index is 277. The van der Waals surface area contributed by atoms with E-state index in [1.807, 2.05) is 0 Å². The minimum atomic E-state index is -0.589. The zero-order chi connectivity index (χ0) is 8.59. The maximum Gasteiger partial charge on any atom is 0.158 e. The number of hydrogen-bond acceptors (Lipinski definition) is 1. The highest BCUT2D eigenvalue weighted by Gasteiger charge is 2.11. The summed E-state index contributed by atoms with van der Waals surface area (Å²) in [7, 11) is 0. The summed E-state index contributed by atoms with van der Waals surface area (Å²) in [5.41, 5.74) is 5.53. The van der Waals surface area contributed by atoms with Crippen molar-refractivity contribution in [2.75, 3.05) is 5.73 Å². The zero-order valence-corrected chi connectivity index (χ0v) is 8.26. The third-order valence-corrected chi connectivity index (χ3v) is 2.51. The van der Waals surface area contributed by atoms with Crippen LogP contribution in [0.25, 0.3) is 0 Å². The SMILES string of the molecule is Nc1c(Cl)cc(Cl)c(F)c1Br. The molecule has 0 saturated carbocycles. The second kappa shape index (κ2) is 3.17. The molecular formula is C6H3BrCl2FN. The Morgan fingerprint density at radius 3 is 2.45 bits per heavy atom. The molecule has 0 heterocycles. The average Bonchev–Trinajstić information content (AvgIpc) is 1.97. The molecule has 0 aliphatic carbocycles. The standard InChI is InChI=1S/C6H3BrCl2FN/c7-4-5(10)2(8)1-3(9)6(4)11/h1H,11H2. The summed E-state index contributed by atoms with van der Waals surface area (Å²) in [6.07, 6.45) is 0. The lowest BCUT2D eigenvalue weighted by Gasteiger charge is -2.03. The number of nitrogen functional groups attached to an aromatic ring is 1. The van der Waals surface area contributed by atoms with Gasteiger partial charge < -0.3 is 5.73 Å². The molecule has 60 valence electrons. The Morgan fingerprint density at radius 2 is 1.91 bits per heavy atom. The van der Waals surface area contributed by atoms with Crippen LogP contribution >= 0.6 is 39.1 Å². The summed E-state index contributed by atoms with van der Waals surface area (Å²) in [6, 6.07) is 1.26. The van der Waals surface area contributed by atoms with Crippen LogP contribution in [0.2, 0.25) is 10.0 Å². The van der Waals surface area contributed by atoms with Gasteiger partial charge in [0.25, 0.3) is 0 Å². The van der Waals surface area contributed by atoms with E-state index < -0.39 is 5.82 Å². The number of benzene rings is 1.